The average Bonchev–Trinajstić information content (AvgIpc) is 3.51. The van der Waals surface area contributed by atoms with Crippen LogP contribution in [0.1, 0.15) is 52.9 Å². The first-order valence-corrected chi connectivity index (χ1v) is 13.4. The first-order chi connectivity index (χ1) is 19.0. The van der Waals surface area contributed by atoms with Gasteiger partial charge in [0, 0.05) is 18.3 Å². The molecule has 5 rings (SSSR count). The third kappa shape index (κ3) is 5.78. The number of carbonyl (C=O) groups excluding carboxylic acids is 1. The number of halogens is 2. The fourth-order valence-corrected chi connectivity index (χ4v) is 5.45. The van der Waals surface area contributed by atoms with E-state index in [1.54, 1.807) is 23.9 Å². The summed E-state index contributed by atoms with van der Waals surface area (Å²) >= 11 is 0. The molecule has 1 saturated heterocycles. The Labute approximate surface area is 230 Å². The maximum Gasteiger partial charge on any atom is 0.271 e. The third-order valence-electron chi connectivity index (χ3n) is 7.55. The number of hydrogen-bond acceptors (Lipinski definition) is 7. The van der Waals surface area contributed by atoms with E-state index in [-0.39, 0.29) is 17.8 Å². The summed E-state index contributed by atoms with van der Waals surface area (Å²) in [5, 5.41) is 11.6. The van der Waals surface area contributed by atoms with Crippen LogP contribution in [-0.2, 0) is 26.4 Å². The second-order valence-corrected chi connectivity index (χ2v) is 10.9. The number of aromatic nitrogens is 4. The molecular formula is C28H33F2N5O5. The van der Waals surface area contributed by atoms with E-state index in [0.717, 1.165) is 55.0 Å². The van der Waals surface area contributed by atoms with E-state index in [2.05, 4.69) is 15.5 Å². The minimum atomic E-state index is -1.35. The van der Waals surface area contributed by atoms with Crippen molar-refractivity contribution >= 4 is 11.7 Å². The van der Waals surface area contributed by atoms with Crippen molar-refractivity contribution in [1.82, 2.24) is 19.6 Å². The number of para-hydroxylation sites is 1. The molecule has 2 aromatic heterocycles. The van der Waals surface area contributed by atoms with E-state index in [0.29, 0.717) is 19.0 Å². The van der Waals surface area contributed by atoms with Gasteiger partial charge in [0.2, 0.25) is 0 Å². The summed E-state index contributed by atoms with van der Waals surface area (Å²) in [6.07, 6.45) is 7.11. The fraction of sp³-hybridized carbons (Fsp3) is 0.500. The molecule has 214 valence electrons. The molecule has 0 spiro atoms. The molecule has 2 aliphatic rings. The Morgan fingerprint density at radius 3 is 2.58 bits per heavy atom. The number of anilines is 1. The van der Waals surface area contributed by atoms with Crippen molar-refractivity contribution in [1.29, 1.82) is 0 Å². The Balaban J connectivity index is 1.38. The van der Waals surface area contributed by atoms with Gasteiger partial charge in [-0.05, 0) is 51.7 Å². The van der Waals surface area contributed by atoms with Crippen molar-refractivity contribution in [2.45, 2.75) is 76.9 Å². The van der Waals surface area contributed by atoms with Gasteiger partial charge in [-0.2, -0.15) is 10.2 Å². The summed E-state index contributed by atoms with van der Waals surface area (Å²) in [6, 6.07) is 6.06. The summed E-state index contributed by atoms with van der Waals surface area (Å²) in [5.41, 5.74) is -1.99. The van der Waals surface area contributed by atoms with Gasteiger partial charge in [-0.1, -0.05) is 25.3 Å². The van der Waals surface area contributed by atoms with Crippen molar-refractivity contribution in [3.63, 3.8) is 0 Å². The van der Waals surface area contributed by atoms with Gasteiger partial charge in [0.1, 0.15) is 11.6 Å². The molecule has 1 aliphatic heterocycles. The summed E-state index contributed by atoms with van der Waals surface area (Å²) in [4.78, 5) is 27.2. The van der Waals surface area contributed by atoms with Crippen molar-refractivity contribution in [3.8, 4) is 11.5 Å². The minimum Gasteiger partial charge on any atom is -0.449 e. The number of ether oxygens (including phenoxy) is 3. The number of nitrogens with zero attached hydrogens (tertiary/aromatic N) is 4. The van der Waals surface area contributed by atoms with Crippen LogP contribution in [0.25, 0.3) is 0 Å². The zero-order chi connectivity index (χ0) is 28.5. The maximum absolute atomic E-state index is 14.1. The molecule has 1 saturated carbocycles. The predicted molar refractivity (Wildman–Crippen MR) is 141 cm³/mol. The second kappa shape index (κ2) is 11.1. The summed E-state index contributed by atoms with van der Waals surface area (Å²) in [6.45, 7) is 6.27. The monoisotopic (exact) mass is 557 g/mol. The molecule has 1 N–H and O–H groups in total. The van der Waals surface area contributed by atoms with Gasteiger partial charge in [0.15, 0.2) is 34.7 Å². The lowest BCUT2D eigenvalue weighted by Crippen LogP contribution is -2.54. The zero-order valence-electron chi connectivity index (χ0n) is 22.7. The standard InChI is InChI=1S/C28H33F2N5O5/c1-27(2)38-17-20(40-27)16-34-13-12-23(33-34)32-26(37)28(3,18-8-5-4-6-9-18)35-24(36)14-19(15-31-35)39-25-21(29)10-7-11-22(25)30/h7,10-15,18,20H,4-6,8-9,16-17H2,1-3H3,(H,32,33,37)/t20-,28?/m1/s1. The lowest BCUT2D eigenvalue weighted by atomic mass is 9.75. The van der Waals surface area contributed by atoms with Gasteiger partial charge < -0.3 is 19.5 Å². The number of benzene rings is 1. The molecular weight excluding hydrogens is 524 g/mol. The molecule has 40 heavy (non-hydrogen) atoms. The van der Waals surface area contributed by atoms with Gasteiger partial charge in [-0.25, -0.2) is 13.5 Å². The Morgan fingerprint density at radius 1 is 1.20 bits per heavy atom. The average molecular weight is 558 g/mol. The van der Waals surface area contributed by atoms with Crippen LogP contribution in [0, 0.1) is 17.6 Å². The van der Waals surface area contributed by atoms with Gasteiger partial charge in [-0.15, -0.1) is 0 Å². The van der Waals surface area contributed by atoms with E-state index < -0.39 is 40.2 Å². The largest absolute Gasteiger partial charge is 0.449 e. The Morgan fingerprint density at radius 2 is 1.93 bits per heavy atom. The highest BCUT2D eigenvalue weighted by molar-refractivity contribution is 5.95. The molecule has 1 amide bonds. The van der Waals surface area contributed by atoms with E-state index >= 15 is 0 Å². The molecule has 3 aromatic rings. The van der Waals surface area contributed by atoms with E-state index in [9.17, 15) is 18.4 Å². The normalized spacial score (nSPS) is 20.7. The van der Waals surface area contributed by atoms with Crippen LogP contribution < -0.4 is 15.6 Å². The molecule has 0 bridgehead atoms. The van der Waals surface area contributed by atoms with Crippen LogP contribution >= 0.6 is 0 Å². The third-order valence-corrected chi connectivity index (χ3v) is 7.55. The molecule has 2 fully saturated rings. The molecule has 10 nitrogen and oxygen atoms in total. The topological polar surface area (TPSA) is 110 Å². The number of rotatable bonds is 8. The Hall–Kier alpha value is -3.64. The number of hydrogen-bond donors (Lipinski definition) is 1. The molecule has 12 heteroatoms. The lowest BCUT2D eigenvalue weighted by molar-refractivity contribution is -0.139. The number of carbonyl (C=O) groups is 1. The molecule has 1 aliphatic carbocycles. The molecule has 2 atom stereocenters. The van der Waals surface area contributed by atoms with Crippen LogP contribution in [0.3, 0.4) is 0 Å². The van der Waals surface area contributed by atoms with Crippen LogP contribution in [0.4, 0.5) is 14.6 Å². The number of nitrogens with one attached hydrogen (secondary N) is 1. The maximum atomic E-state index is 14.1. The first-order valence-electron chi connectivity index (χ1n) is 13.4. The molecule has 1 unspecified atom stereocenters. The summed E-state index contributed by atoms with van der Waals surface area (Å²) < 4.78 is 47.7. The zero-order valence-corrected chi connectivity index (χ0v) is 22.7. The highest BCUT2D eigenvalue weighted by atomic mass is 19.1. The molecule has 0 radical (unpaired) electrons. The molecule has 1 aromatic carbocycles. The Bertz CT molecular complexity index is 1410. The van der Waals surface area contributed by atoms with Crippen molar-refractivity contribution < 1.29 is 27.8 Å². The van der Waals surface area contributed by atoms with Crippen LogP contribution in [0.5, 0.6) is 11.5 Å². The van der Waals surface area contributed by atoms with Gasteiger partial charge >= 0.3 is 0 Å². The highest BCUT2D eigenvalue weighted by Crippen LogP contribution is 2.38. The van der Waals surface area contributed by atoms with Crippen molar-refractivity contribution in [2.24, 2.45) is 5.92 Å². The highest BCUT2D eigenvalue weighted by Gasteiger charge is 2.45. The predicted octanol–water partition coefficient (Wildman–Crippen LogP) is 4.60. The summed E-state index contributed by atoms with van der Waals surface area (Å²) in [7, 11) is 0. The van der Waals surface area contributed by atoms with Crippen LogP contribution in [-0.4, -0.2) is 44.0 Å². The van der Waals surface area contributed by atoms with Gasteiger partial charge in [0.05, 0.1) is 19.3 Å². The second-order valence-electron chi connectivity index (χ2n) is 10.9. The van der Waals surface area contributed by atoms with Gasteiger partial charge in [-0.3, -0.25) is 14.3 Å². The quantitative estimate of drug-likeness (QED) is 0.431. The first kappa shape index (κ1) is 27.9. The number of amides is 1. The van der Waals surface area contributed by atoms with Crippen LogP contribution in [0.15, 0.2) is 47.5 Å². The fourth-order valence-electron chi connectivity index (χ4n) is 5.45. The van der Waals surface area contributed by atoms with Crippen molar-refractivity contribution in [2.75, 3.05) is 11.9 Å². The summed E-state index contributed by atoms with van der Waals surface area (Å²) in [5.74, 6) is -3.53. The molecule has 3 heterocycles. The lowest BCUT2D eigenvalue weighted by Gasteiger charge is -2.38. The van der Waals surface area contributed by atoms with E-state index in [4.69, 9.17) is 14.2 Å². The van der Waals surface area contributed by atoms with Crippen LogP contribution in [0.2, 0.25) is 0 Å². The van der Waals surface area contributed by atoms with E-state index in [1.807, 2.05) is 13.8 Å². The smallest absolute Gasteiger partial charge is 0.271 e. The van der Waals surface area contributed by atoms with Crippen molar-refractivity contribution in [3.05, 3.63) is 64.7 Å². The minimum absolute atomic E-state index is 0.142. The SMILES string of the molecule is CC1(C)OC[C@@H](Cn2ccc(NC(=O)C(C)(C3CCCCC3)n3ncc(Oc4c(F)cccc4F)cc3=O)n2)O1. The Kier molecular flexibility index (Phi) is 7.74. The van der Waals surface area contributed by atoms with Gasteiger partial charge in [0.25, 0.3) is 11.5 Å². The van der Waals surface area contributed by atoms with E-state index in [1.165, 1.54) is 12.3 Å².